The Bertz CT molecular complexity index is 1050. The standard InChI is InChI=1S/C28H32O4/c1-19-15-24(29)16-20(2)27(19)23-8-6-7-22(17-23)18-31-25-12-9-21(10-13-25)11-14-26(30)32-28(3,4)5/h6-10,12-13,15-17,29H,11,14,18H2,1-5H3. The highest BCUT2D eigenvalue weighted by Gasteiger charge is 2.16. The van der Waals surface area contributed by atoms with Crippen LogP contribution in [-0.2, 0) is 22.6 Å². The number of aromatic hydroxyl groups is 1. The van der Waals surface area contributed by atoms with E-state index in [1.54, 1.807) is 12.1 Å². The van der Waals surface area contributed by atoms with E-state index in [-0.39, 0.29) is 11.7 Å². The third-order valence-corrected chi connectivity index (χ3v) is 5.10. The molecule has 1 N–H and O–H groups in total. The van der Waals surface area contributed by atoms with Crippen LogP contribution in [0.15, 0.2) is 60.7 Å². The van der Waals surface area contributed by atoms with Crippen LogP contribution < -0.4 is 4.74 Å². The molecular weight excluding hydrogens is 400 g/mol. The van der Waals surface area contributed by atoms with Gasteiger partial charge in [-0.05, 0) is 105 Å². The van der Waals surface area contributed by atoms with E-state index in [0.717, 1.165) is 39.1 Å². The molecule has 0 saturated heterocycles. The Balaban J connectivity index is 1.60. The molecule has 0 heterocycles. The van der Waals surface area contributed by atoms with E-state index < -0.39 is 5.60 Å². The van der Waals surface area contributed by atoms with Gasteiger partial charge < -0.3 is 14.6 Å². The molecule has 0 radical (unpaired) electrons. The minimum atomic E-state index is -0.453. The van der Waals surface area contributed by atoms with Crippen LogP contribution in [0.3, 0.4) is 0 Å². The first-order chi connectivity index (χ1) is 15.1. The molecule has 0 aromatic heterocycles. The molecule has 0 bridgehead atoms. The Labute approximate surface area is 190 Å². The van der Waals surface area contributed by atoms with Crippen LogP contribution in [0.25, 0.3) is 11.1 Å². The minimum Gasteiger partial charge on any atom is -0.508 e. The smallest absolute Gasteiger partial charge is 0.306 e. The number of benzene rings is 3. The summed E-state index contributed by atoms with van der Waals surface area (Å²) >= 11 is 0. The van der Waals surface area contributed by atoms with Gasteiger partial charge in [-0.15, -0.1) is 0 Å². The van der Waals surface area contributed by atoms with Crippen molar-refractivity contribution in [2.45, 2.75) is 59.7 Å². The maximum Gasteiger partial charge on any atom is 0.306 e. The molecule has 0 aliphatic carbocycles. The van der Waals surface area contributed by atoms with E-state index in [9.17, 15) is 9.90 Å². The van der Waals surface area contributed by atoms with Crippen molar-refractivity contribution in [3.63, 3.8) is 0 Å². The third kappa shape index (κ3) is 6.61. The van der Waals surface area contributed by atoms with Crippen molar-refractivity contribution in [2.75, 3.05) is 0 Å². The summed E-state index contributed by atoms with van der Waals surface area (Å²) in [5.41, 5.74) is 6.03. The van der Waals surface area contributed by atoms with Crippen LogP contribution >= 0.6 is 0 Å². The molecule has 168 valence electrons. The fraction of sp³-hybridized carbons (Fsp3) is 0.321. The molecule has 3 rings (SSSR count). The number of aryl methyl sites for hydroxylation is 3. The number of hydrogen-bond donors (Lipinski definition) is 1. The average molecular weight is 433 g/mol. The van der Waals surface area contributed by atoms with Crippen LogP contribution in [-0.4, -0.2) is 16.7 Å². The van der Waals surface area contributed by atoms with Crippen molar-refractivity contribution in [1.29, 1.82) is 0 Å². The largest absolute Gasteiger partial charge is 0.508 e. The summed E-state index contributed by atoms with van der Waals surface area (Å²) < 4.78 is 11.3. The van der Waals surface area contributed by atoms with Gasteiger partial charge in [-0.3, -0.25) is 4.79 Å². The molecule has 0 atom stereocenters. The first-order valence-electron chi connectivity index (χ1n) is 10.9. The van der Waals surface area contributed by atoms with Gasteiger partial charge in [-0.2, -0.15) is 0 Å². The molecular formula is C28H32O4. The number of carbonyl (C=O) groups is 1. The Morgan fingerprint density at radius 1 is 0.906 bits per heavy atom. The topological polar surface area (TPSA) is 55.8 Å². The molecule has 0 amide bonds. The van der Waals surface area contributed by atoms with E-state index in [1.807, 2.05) is 71.0 Å². The van der Waals surface area contributed by atoms with Gasteiger partial charge >= 0.3 is 5.97 Å². The number of carbonyl (C=O) groups excluding carboxylic acids is 1. The summed E-state index contributed by atoms with van der Waals surface area (Å²) in [7, 11) is 0. The maximum absolute atomic E-state index is 11.9. The monoisotopic (exact) mass is 432 g/mol. The molecule has 0 fully saturated rings. The number of esters is 1. The van der Waals surface area contributed by atoms with E-state index in [4.69, 9.17) is 9.47 Å². The van der Waals surface area contributed by atoms with Crippen LogP contribution in [0, 0.1) is 13.8 Å². The Kier molecular flexibility index (Phi) is 7.24. The molecule has 0 spiro atoms. The molecule has 3 aromatic carbocycles. The average Bonchev–Trinajstić information content (AvgIpc) is 2.70. The zero-order chi connectivity index (χ0) is 23.3. The van der Waals surface area contributed by atoms with E-state index >= 15 is 0 Å². The second-order valence-electron chi connectivity index (χ2n) is 9.17. The Morgan fingerprint density at radius 3 is 2.19 bits per heavy atom. The van der Waals surface area contributed by atoms with Gasteiger partial charge in [0, 0.05) is 6.42 Å². The van der Waals surface area contributed by atoms with Crippen molar-refractivity contribution >= 4 is 5.97 Å². The van der Waals surface area contributed by atoms with Crippen molar-refractivity contribution in [1.82, 2.24) is 0 Å². The second-order valence-corrected chi connectivity index (χ2v) is 9.17. The van der Waals surface area contributed by atoms with Crippen molar-refractivity contribution < 1.29 is 19.4 Å². The molecule has 0 saturated carbocycles. The number of phenols is 1. The van der Waals surface area contributed by atoms with Crippen molar-refractivity contribution in [3.05, 3.63) is 82.9 Å². The number of hydrogen-bond acceptors (Lipinski definition) is 4. The Morgan fingerprint density at radius 2 is 1.56 bits per heavy atom. The first kappa shape index (κ1) is 23.4. The summed E-state index contributed by atoms with van der Waals surface area (Å²) in [6, 6.07) is 19.7. The van der Waals surface area contributed by atoms with Gasteiger partial charge in [0.2, 0.25) is 0 Å². The lowest BCUT2D eigenvalue weighted by Crippen LogP contribution is -2.23. The van der Waals surface area contributed by atoms with Gasteiger partial charge in [-0.1, -0.05) is 30.3 Å². The lowest BCUT2D eigenvalue weighted by Gasteiger charge is -2.19. The number of phenolic OH excluding ortho intramolecular Hbond substituents is 1. The quantitative estimate of drug-likeness (QED) is 0.431. The summed E-state index contributed by atoms with van der Waals surface area (Å²) in [5.74, 6) is 0.892. The van der Waals surface area contributed by atoms with Crippen molar-refractivity contribution in [2.24, 2.45) is 0 Å². The van der Waals surface area contributed by atoms with Gasteiger partial charge in [0.1, 0.15) is 23.7 Å². The summed E-state index contributed by atoms with van der Waals surface area (Å²) in [6.45, 7) is 10.1. The predicted molar refractivity (Wildman–Crippen MR) is 128 cm³/mol. The lowest BCUT2D eigenvalue weighted by molar-refractivity contribution is -0.154. The fourth-order valence-corrected chi connectivity index (χ4v) is 3.77. The zero-order valence-electron chi connectivity index (χ0n) is 19.6. The molecule has 0 aliphatic rings. The highest BCUT2D eigenvalue weighted by atomic mass is 16.6. The van der Waals surface area contributed by atoms with Crippen molar-refractivity contribution in [3.8, 4) is 22.6 Å². The van der Waals surface area contributed by atoms with Gasteiger partial charge in [-0.25, -0.2) is 0 Å². The number of ether oxygens (including phenoxy) is 2. The maximum atomic E-state index is 11.9. The molecule has 4 heteroatoms. The van der Waals surface area contributed by atoms with E-state index in [2.05, 4.69) is 12.1 Å². The second kappa shape index (κ2) is 9.90. The zero-order valence-corrected chi connectivity index (χ0v) is 19.6. The minimum absolute atomic E-state index is 0.184. The summed E-state index contributed by atoms with van der Waals surface area (Å²) in [4.78, 5) is 11.9. The molecule has 4 nitrogen and oxygen atoms in total. The highest BCUT2D eigenvalue weighted by Crippen LogP contribution is 2.31. The van der Waals surface area contributed by atoms with Crippen LogP contribution in [0.4, 0.5) is 0 Å². The third-order valence-electron chi connectivity index (χ3n) is 5.10. The van der Waals surface area contributed by atoms with Gasteiger partial charge in [0.25, 0.3) is 0 Å². The van der Waals surface area contributed by atoms with Crippen LogP contribution in [0.5, 0.6) is 11.5 Å². The molecule has 0 aliphatic heterocycles. The molecule has 32 heavy (non-hydrogen) atoms. The SMILES string of the molecule is Cc1cc(O)cc(C)c1-c1cccc(COc2ccc(CCC(=O)OC(C)(C)C)cc2)c1. The fourth-order valence-electron chi connectivity index (χ4n) is 3.77. The highest BCUT2D eigenvalue weighted by molar-refractivity contribution is 5.72. The van der Waals surface area contributed by atoms with Gasteiger partial charge in [0.05, 0.1) is 0 Å². The normalized spacial score (nSPS) is 11.3. The van der Waals surface area contributed by atoms with E-state index in [0.29, 0.717) is 19.4 Å². The summed E-state index contributed by atoms with van der Waals surface area (Å²) in [6.07, 6.45) is 1.00. The van der Waals surface area contributed by atoms with Crippen LogP contribution in [0.1, 0.15) is 49.4 Å². The van der Waals surface area contributed by atoms with E-state index in [1.165, 1.54) is 0 Å². The molecule has 0 unspecified atom stereocenters. The van der Waals surface area contributed by atoms with Crippen LogP contribution in [0.2, 0.25) is 0 Å². The number of rotatable bonds is 7. The first-order valence-corrected chi connectivity index (χ1v) is 10.9. The summed E-state index contributed by atoms with van der Waals surface area (Å²) in [5, 5.41) is 9.81. The van der Waals surface area contributed by atoms with Gasteiger partial charge in [0.15, 0.2) is 0 Å². The molecule has 3 aromatic rings. The predicted octanol–water partition coefficient (Wildman–Crippen LogP) is 6.53. The lowest BCUT2D eigenvalue weighted by atomic mass is 9.94. The Hall–Kier alpha value is -3.27.